The third-order valence-electron chi connectivity index (χ3n) is 12.3. The van der Waals surface area contributed by atoms with E-state index in [0.29, 0.717) is 19.4 Å². The van der Waals surface area contributed by atoms with E-state index in [-0.39, 0.29) is 25.2 Å². The summed E-state index contributed by atoms with van der Waals surface area (Å²) in [5.41, 5.74) is 0. The van der Waals surface area contributed by atoms with Gasteiger partial charge in [-0.25, -0.2) is 0 Å². The number of carbonyl (C=O) groups excluding carboxylic acids is 2. The van der Waals surface area contributed by atoms with Crippen LogP contribution in [0.2, 0.25) is 0 Å². The Morgan fingerprint density at radius 3 is 1.14 bits per heavy atom. The maximum absolute atomic E-state index is 12.8. The molecule has 0 N–H and O–H groups in total. The highest BCUT2D eigenvalue weighted by Crippen LogP contribution is 2.16. The molecule has 374 valence electrons. The second kappa shape index (κ2) is 55.2. The van der Waals surface area contributed by atoms with Gasteiger partial charge >= 0.3 is 11.9 Å². The van der Waals surface area contributed by atoms with Crippen LogP contribution in [0.15, 0.2) is 48.6 Å². The zero-order chi connectivity index (χ0) is 46.3. The molecule has 0 saturated heterocycles. The highest BCUT2D eigenvalue weighted by atomic mass is 16.6. The zero-order valence-electron chi connectivity index (χ0n) is 43.1. The van der Waals surface area contributed by atoms with E-state index in [2.05, 4.69) is 69.4 Å². The summed E-state index contributed by atoms with van der Waals surface area (Å²) in [5.74, 6) is -0.403. The lowest BCUT2D eigenvalue weighted by Crippen LogP contribution is -2.30. The van der Waals surface area contributed by atoms with Crippen molar-refractivity contribution in [1.82, 2.24) is 0 Å². The van der Waals surface area contributed by atoms with Gasteiger partial charge in [-0.3, -0.25) is 9.59 Å². The predicted molar refractivity (Wildman–Crippen MR) is 279 cm³/mol. The smallest absolute Gasteiger partial charge is 0.306 e. The van der Waals surface area contributed by atoms with Crippen molar-refractivity contribution in [2.24, 2.45) is 0 Å². The fourth-order valence-corrected chi connectivity index (χ4v) is 8.17. The van der Waals surface area contributed by atoms with E-state index in [1.54, 1.807) is 0 Å². The summed E-state index contributed by atoms with van der Waals surface area (Å²) >= 11 is 0. The Balaban J connectivity index is 4.26. The average molecular weight is 898 g/mol. The van der Waals surface area contributed by atoms with Crippen molar-refractivity contribution >= 4 is 11.9 Å². The third-order valence-corrected chi connectivity index (χ3v) is 12.3. The summed E-state index contributed by atoms with van der Waals surface area (Å²) in [5, 5.41) is 0. The van der Waals surface area contributed by atoms with Gasteiger partial charge in [0.2, 0.25) is 0 Å². The van der Waals surface area contributed by atoms with Gasteiger partial charge in [0.25, 0.3) is 0 Å². The van der Waals surface area contributed by atoms with E-state index < -0.39 is 6.10 Å². The minimum atomic E-state index is -0.542. The number of hydrogen-bond donors (Lipinski definition) is 0. The normalized spacial score (nSPS) is 12.5. The van der Waals surface area contributed by atoms with Crippen LogP contribution in [0.25, 0.3) is 0 Å². The van der Waals surface area contributed by atoms with Gasteiger partial charge in [-0.2, -0.15) is 0 Å². The van der Waals surface area contributed by atoms with Crippen LogP contribution in [0, 0.1) is 0 Å². The van der Waals surface area contributed by atoms with Gasteiger partial charge in [0.05, 0.1) is 6.61 Å². The van der Waals surface area contributed by atoms with Crippen LogP contribution in [0.1, 0.15) is 290 Å². The van der Waals surface area contributed by atoms with Gasteiger partial charge in [0.1, 0.15) is 6.61 Å². The monoisotopic (exact) mass is 897 g/mol. The summed E-state index contributed by atoms with van der Waals surface area (Å²) in [4.78, 5) is 25.5. The highest BCUT2D eigenvalue weighted by Gasteiger charge is 2.17. The number of carbonyl (C=O) groups is 2. The molecule has 0 bridgehead atoms. The lowest BCUT2D eigenvalue weighted by molar-refractivity contribution is -0.163. The van der Waals surface area contributed by atoms with Crippen molar-refractivity contribution in [1.29, 1.82) is 0 Å². The predicted octanol–water partition coefficient (Wildman–Crippen LogP) is 19.1. The van der Waals surface area contributed by atoms with Crippen molar-refractivity contribution < 1.29 is 23.8 Å². The first-order valence-corrected chi connectivity index (χ1v) is 28.2. The topological polar surface area (TPSA) is 61.8 Å². The second-order valence-electron chi connectivity index (χ2n) is 18.8. The van der Waals surface area contributed by atoms with Crippen LogP contribution < -0.4 is 0 Å². The van der Waals surface area contributed by atoms with Crippen molar-refractivity contribution in [3.05, 3.63) is 48.6 Å². The minimum absolute atomic E-state index is 0.0787. The second-order valence-corrected chi connectivity index (χ2v) is 18.8. The SMILES string of the molecule is CC/C=C\C/C=C\C/C=C\CCCCCCCC(=O)OCC(COCCCCCCCCCC/C=C\CCCCCCCC)OC(=O)CCCCCCCCCCCCCCCCC. The molecule has 1 unspecified atom stereocenters. The molecule has 0 aromatic carbocycles. The molecule has 0 rings (SSSR count). The fourth-order valence-electron chi connectivity index (χ4n) is 8.17. The molecule has 0 aliphatic carbocycles. The highest BCUT2D eigenvalue weighted by molar-refractivity contribution is 5.70. The molecule has 0 heterocycles. The van der Waals surface area contributed by atoms with Crippen LogP contribution in [0.3, 0.4) is 0 Å². The van der Waals surface area contributed by atoms with Crippen LogP contribution in [-0.4, -0.2) is 37.9 Å². The lowest BCUT2D eigenvalue weighted by atomic mass is 10.0. The number of esters is 2. The quantitative estimate of drug-likeness (QED) is 0.0346. The molecule has 64 heavy (non-hydrogen) atoms. The first kappa shape index (κ1) is 61.9. The van der Waals surface area contributed by atoms with Gasteiger partial charge in [0.15, 0.2) is 6.10 Å². The van der Waals surface area contributed by atoms with Crippen molar-refractivity contribution in [3.8, 4) is 0 Å². The lowest BCUT2D eigenvalue weighted by Gasteiger charge is -2.18. The Morgan fingerprint density at radius 1 is 0.359 bits per heavy atom. The molecule has 5 heteroatoms. The van der Waals surface area contributed by atoms with E-state index in [9.17, 15) is 9.59 Å². The molecule has 1 atom stereocenters. The van der Waals surface area contributed by atoms with E-state index in [1.807, 2.05) is 0 Å². The van der Waals surface area contributed by atoms with E-state index in [1.165, 1.54) is 186 Å². The summed E-state index contributed by atoms with van der Waals surface area (Å²) in [6.45, 7) is 7.74. The molecular weight excluding hydrogens is 789 g/mol. The number of unbranched alkanes of at least 4 members (excludes halogenated alkanes) is 33. The Morgan fingerprint density at radius 2 is 0.703 bits per heavy atom. The van der Waals surface area contributed by atoms with Crippen molar-refractivity contribution in [3.63, 3.8) is 0 Å². The molecule has 0 radical (unpaired) electrons. The van der Waals surface area contributed by atoms with E-state index >= 15 is 0 Å². The summed E-state index contributed by atoms with van der Waals surface area (Å²) in [6, 6.07) is 0. The molecule has 0 aliphatic rings. The summed E-state index contributed by atoms with van der Waals surface area (Å²) in [6.07, 6.45) is 68.4. The number of hydrogen-bond acceptors (Lipinski definition) is 5. The van der Waals surface area contributed by atoms with E-state index in [0.717, 1.165) is 70.6 Å². The number of allylic oxidation sites excluding steroid dienone is 8. The van der Waals surface area contributed by atoms with Crippen LogP contribution in [0.4, 0.5) is 0 Å². The van der Waals surface area contributed by atoms with Gasteiger partial charge in [-0.05, 0) is 77.0 Å². The Hall–Kier alpha value is -2.14. The first-order chi connectivity index (χ1) is 31.6. The maximum atomic E-state index is 12.8. The van der Waals surface area contributed by atoms with Crippen molar-refractivity contribution in [2.45, 2.75) is 297 Å². The zero-order valence-corrected chi connectivity index (χ0v) is 43.1. The molecule has 0 amide bonds. The third kappa shape index (κ3) is 52.5. The van der Waals surface area contributed by atoms with Gasteiger partial charge in [-0.1, -0.05) is 249 Å². The summed E-state index contributed by atoms with van der Waals surface area (Å²) in [7, 11) is 0. The average Bonchev–Trinajstić information content (AvgIpc) is 3.30. The molecular formula is C59H108O5. The first-order valence-electron chi connectivity index (χ1n) is 28.2. The Kier molecular flexibility index (Phi) is 53.3. The molecule has 0 spiro atoms. The Labute approximate surface area is 399 Å². The standard InChI is InChI=1S/C59H108O5/c1-4-7-10-13-16-19-22-25-28-29-30-33-36-39-42-45-48-51-54-62-55-57(64-59(61)53-50-47-44-41-38-35-32-27-24-21-18-15-12-9-6-3)56-63-58(60)52-49-46-43-40-37-34-31-26-23-20-17-14-11-8-5-2/h8,11,17,20,25-26,28,31,57H,4-7,9-10,12-16,18-19,21-24,27,29-30,32-56H2,1-3H3/b11-8-,20-17-,28-25-,31-26-. The molecule has 0 fully saturated rings. The van der Waals surface area contributed by atoms with E-state index in [4.69, 9.17) is 14.2 Å². The maximum Gasteiger partial charge on any atom is 0.306 e. The molecule has 0 aromatic rings. The fraction of sp³-hybridized carbons (Fsp3) is 0.831. The van der Waals surface area contributed by atoms with Crippen LogP contribution in [0.5, 0.6) is 0 Å². The van der Waals surface area contributed by atoms with Crippen molar-refractivity contribution in [2.75, 3.05) is 19.8 Å². The molecule has 0 aliphatic heterocycles. The largest absolute Gasteiger partial charge is 0.462 e. The van der Waals surface area contributed by atoms with Crippen LogP contribution in [-0.2, 0) is 23.8 Å². The van der Waals surface area contributed by atoms with Gasteiger partial charge in [0, 0.05) is 19.4 Å². The molecule has 0 saturated carbocycles. The summed E-state index contributed by atoms with van der Waals surface area (Å²) < 4.78 is 17.5. The molecule has 0 aromatic heterocycles. The number of rotatable bonds is 52. The van der Waals surface area contributed by atoms with Gasteiger partial charge < -0.3 is 14.2 Å². The Bertz CT molecular complexity index is 1060. The van der Waals surface area contributed by atoms with Gasteiger partial charge in [-0.15, -0.1) is 0 Å². The molecule has 5 nitrogen and oxygen atoms in total. The van der Waals surface area contributed by atoms with Crippen LogP contribution >= 0.6 is 0 Å². The minimum Gasteiger partial charge on any atom is -0.462 e. The number of ether oxygens (including phenoxy) is 3.